The molecule has 0 aromatic rings. The summed E-state index contributed by atoms with van der Waals surface area (Å²) in [5, 5.41) is 10.5. The fraction of sp³-hybridized carbons (Fsp3) is 0.906. The van der Waals surface area contributed by atoms with E-state index in [1.807, 2.05) is 18.1 Å². The van der Waals surface area contributed by atoms with E-state index in [1.165, 1.54) is 51.4 Å². The minimum absolute atomic E-state index is 0.0226. The molecule has 0 aromatic carbocycles. The molecule has 3 nitrogen and oxygen atoms in total. The number of esters is 1. The Bertz CT molecular complexity index is 890. The van der Waals surface area contributed by atoms with Crippen LogP contribution in [0.1, 0.15) is 126 Å². The zero-order valence-corrected chi connectivity index (χ0v) is 30.3. The van der Waals surface area contributed by atoms with E-state index < -0.39 is 5.60 Å². The second-order valence-corrected chi connectivity index (χ2v) is 16.9. The van der Waals surface area contributed by atoms with Gasteiger partial charge >= 0.3 is 171 Å². The van der Waals surface area contributed by atoms with Crippen molar-refractivity contribution in [3.8, 4) is 0 Å². The summed E-state index contributed by atoms with van der Waals surface area (Å²) in [7, 11) is 0. The molecule has 0 aliphatic heterocycles. The third-order valence-corrected chi connectivity index (χ3v) is 16.9. The van der Waals surface area contributed by atoms with Crippen molar-refractivity contribution in [3.63, 3.8) is 0 Å². The number of ether oxygens (including phenoxy) is 1. The quantitative estimate of drug-likeness (QED) is 0.167. The molecule has 200 valence electrons. The van der Waals surface area contributed by atoms with E-state index in [0.717, 1.165) is 35.0 Å². The molecule has 1 unspecified atom stereocenters. The van der Waals surface area contributed by atoms with Crippen LogP contribution in [0.25, 0.3) is 0 Å². The first-order chi connectivity index (χ1) is 16.6. The molecule has 0 amide bonds. The van der Waals surface area contributed by atoms with Gasteiger partial charge in [-0.05, 0) is 18.8 Å². The fourth-order valence-corrected chi connectivity index (χ4v) is 11.1. The molecular formula is C32H53HgO3+. The SMILES string of the molecule is CC(=O)O[C@H]1CC[C@]2(C)C3=C(CC[C@H]2C1(C)C)[C@]1(C)CC[C@H]([C@H](C)CCCC(C)(O)[CH2][Hg+])[C@@]1(C)CC3. The van der Waals surface area contributed by atoms with Gasteiger partial charge in [-0.15, -0.1) is 0 Å². The molecule has 4 aliphatic carbocycles. The van der Waals surface area contributed by atoms with E-state index >= 15 is 0 Å². The molecule has 0 aromatic heterocycles. The zero-order chi connectivity index (χ0) is 26.7. The Morgan fingerprint density at radius 2 is 1.78 bits per heavy atom. The molecule has 0 heterocycles. The van der Waals surface area contributed by atoms with Gasteiger partial charge in [0.1, 0.15) is 6.10 Å². The van der Waals surface area contributed by atoms with Gasteiger partial charge in [0.05, 0.1) is 0 Å². The van der Waals surface area contributed by atoms with Gasteiger partial charge in [0.15, 0.2) is 0 Å². The van der Waals surface area contributed by atoms with E-state index in [2.05, 4.69) is 41.5 Å². The monoisotopic (exact) mass is 687 g/mol. The molecule has 0 spiro atoms. The van der Waals surface area contributed by atoms with Crippen LogP contribution < -0.4 is 0 Å². The Balaban J connectivity index is 1.57. The second-order valence-electron chi connectivity index (χ2n) is 14.9. The molecule has 36 heavy (non-hydrogen) atoms. The molecule has 4 heteroatoms. The summed E-state index contributed by atoms with van der Waals surface area (Å²) >= 11 is 0.672. The average molecular weight is 686 g/mol. The number of hydrogen-bond donors (Lipinski definition) is 1. The van der Waals surface area contributed by atoms with Crippen molar-refractivity contribution in [2.24, 2.45) is 39.4 Å². The van der Waals surface area contributed by atoms with Gasteiger partial charge in [-0.2, -0.15) is 0 Å². The second kappa shape index (κ2) is 9.94. The Labute approximate surface area is 237 Å². The third kappa shape index (κ3) is 4.60. The van der Waals surface area contributed by atoms with Gasteiger partial charge in [0.25, 0.3) is 0 Å². The molecule has 0 bridgehead atoms. The minimum atomic E-state index is -0.419. The maximum atomic E-state index is 11.8. The van der Waals surface area contributed by atoms with Gasteiger partial charge in [-0.3, -0.25) is 4.79 Å². The Hall–Kier alpha value is 0.105. The predicted octanol–water partition coefficient (Wildman–Crippen LogP) is 8.19. The van der Waals surface area contributed by atoms with E-state index in [9.17, 15) is 9.90 Å². The summed E-state index contributed by atoms with van der Waals surface area (Å²) in [5.74, 6) is 1.99. The predicted molar refractivity (Wildman–Crippen MR) is 143 cm³/mol. The Morgan fingerprint density at radius 3 is 2.42 bits per heavy atom. The first kappa shape index (κ1) is 29.1. The van der Waals surface area contributed by atoms with Crippen LogP contribution in [0.5, 0.6) is 0 Å². The van der Waals surface area contributed by atoms with Crippen LogP contribution in [0.3, 0.4) is 0 Å². The van der Waals surface area contributed by atoms with Crippen LogP contribution in [-0.2, 0) is 35.7 Å². The van der Waals surface area contributed by atoms with Crippen molar-refractivity contribution in [1.29, 1.82) is 0 Å². The first-order valence-corrected chi connectivity index (χ1v) is 18.9. The van der Waals surface area contributed by atoms with E-state index in [4.69, 9.17) is 4.74 Å². The number of rotatable bonds is 7. The molecule has 0 radical (unpaired) electrons. The van der Waals surface area contributed by atoms with Crippen molar-refractivity contribution in [1.82, 2.24) is 0 Å². The van der Waals surface area contributed by atoms with Crippen molar-refractivity contribution in [2.45, 2.75) is 142 Å². The number of carbonyl (C=O) groups excluding carboxylic acids is 1. The first-order valence-electron chi connectivity index (χ1n) is 15.0. The van der Waals surface area contributed by atoms with Gasteiger partial charge in [0.2, 0.25) is 0 Å². The van der Waals surface area contributed by atoms with Gasteiger partial charge in [-0.25, -0.2) is 0 Å². The number of allylic oxidation sites excluding steroid dienone is 2. The third-order valence-electron chi connectivity index (χ3n) is 12.7. The normalized spacial score (nSPS) is 42.1. The van der Waals surface area contributed by atoms with Crippen molar-refractivity contribution >= 4 is 5.97 Å². The summed E-state index contributed by atoms with van der Waals surface area (Å²) in [6.45, 7) is 18.7. The van der Waals surface area contributed by atoms with Crippen LogP contribution in [0.15, 0.2) is 11.1 Å². The van der Waals surface area contributed by atoms with Crippen molar-refractivity contribution < 1.29 is 40.8 Å². The van der Waals surface area contributed by atoms with E-state index in [1.54, 1.807) is 6.92 Å². The van der Waals surface area contributed by atoms with Crippen LogP contribution in [-0.4, -0.2) is 22.8 Å². The number of aliphatic hydroxyl groups is 1. The van der Waals surface area contributed by atoms with Gasteiger partial charge in [0, 0.05) is 12.3 Å². The molecular weight excluding hydrogens is 633 g/mol. The molecule has 2 saturated carbocycles. The zero-order valence-electron chi connectivity index (χ0n) is 24.8. The maximum absolute atomic E-state index is 11.8. The fourth-order valence-electron chi connectivity index (χ4n) is 10.2. The average Bonchev–Trinajstić information content (AvgIpc) is 3.07. The molecule has 8 atom stereocenters. The molecule has 2 fully saturated rings. The Morgan fingerprint density at radius 1 is 1.08 bits per heavy atom. The van der Waals surface area contributed by atoms with Crippen LogP contribution in [0, 0.1) is 39.4 Å². The molecule has 0 saturated heterocycles. The summed E-state index contributed by atoms with van der Waals surface area (Å²) in [4.78, 5) is 11.8. The molecule has 4 aliphatic rings. The topological polar surface area (TPSA) is 46.5 Å². The summed E-state index contributed by atoms with van der Waals surface area (Å²) < 4.78 is 6.91. The van der Waals surface area contributed by atoms with Crippen LogP contribution in [0.2, 0.25) is 3.93 Å². The van der Waals surface area contributed by atoms with Gasteiger partial charge in [-0.1, -0.05) is 20.8 Å². The van der Waals surface area contributed by atoms with Crippen molar-refractivity contribution in [2.75, 3.05) is 0 Å². The molecule has 1 N–H and O–H groups in total. The summed E-state index contributed by atoms with van der Waals surface area (Å²) in [6, 6.07) is 0. The van der Waals surface area contributed by atoms with Crippen LogP contribution >= 0.6 is 0 Å². The van der Waals surface area contributed by atoms with Crippen molar-refractivity contribution in [3.05, 3.63) is 11.1 Å². The molecule has 4 rings (SSSR count). The number of hydrogen-bond acceptors (Lipinski definition) is 3. The van der Waals surface area contributed by atoms with E-state index in [0.29, 0.717) is 42.9 Å². The van der Waals surface area contributed by atoms with Crippen LogP contribution in [0.4, 0.5) is 0 Å². The van der Waals surface area contributed by atoms with E-state index in [-0.39, 0.29) is 22.9 Å². The summed E-state index contributed by atoms with van der Waals surface area (Å²) in [6.07, 6.45) is 13.4. The van der Waals surface area contributed by atoms with Gasteiger partial charge < -0.3 is 4.74 Å². The number of fused-ring (bicyclic) bond motifs is 4. The Kier molecular flexibility index (Phi) is 8.03. The summed E-state index contributed by atoms with van der Waals surface area (Å²) in [5.41, 5.74) is 4.22. The number of carbonyl (C=O) groups is 1. The standard InChI is InChI=1S/C32H53O3.Hg/c1-21(11-10-17-28(3,4)34)23-14-19-32(9)25-12-13-26-29(5,6)27(35-22(2)33)16-18-30(26,7)24(25)15-20-31(23,32)8;/h21,23,26-27,34H,3,10-20H2,1-2,4-9H3;/q;+1/t21-,23-,26+,27+,28?,30-,31-,32+;/m1./s1.